The monoisotopic (exact) mass is 418 g/mol. The molecule has 146 valence electrons. The van der Waals surface area contributed by atoms with Crippen LogP contribution in [0.25, 0.3) is 0 Å². The predicted molar refractivity (Wildman–Crippen MR) is 97.6 cm³/mol. The SMILES string of the molecule is C[n+]1cc(Cl)c(C[C@@H](O)c2ccc(OC(F)F)c(OCC3CC3)c2)c(Cl)c1. The van der Waals surface area contributed by atoms with Gasteiger partial charge in [-0.05, 0) is 36.5 Å². The molecule has 1 aromatic heterocycles. The van der Waals surface area contributed by atoms with Crippen LogP contribution in [0.3, 0.4) is 0 Å². The zero-order valence-electron chi connectivity index (χ0n) is 14.7. The number of halogens is 4. The molecule has 1 atom stereocenters. The molecule has 1 heterocycles. The summed E-state index contributed by atoms with van der Waals surface area (Å²) in [4.78, 5) is 0. The molecule has 4 nitrogen and oxygen atoms in total. The number of aryl methyl sites for hydroxylation is 1. The average Bonchev–Trinajstić information content (AvgIpc) is 3.40. The average molecular weight is 419 g/mol. The van der Waals surface area contributed by atoms with Crippen molar-refractivity contribution in [2.45, 2.75) is 32.0 Å². The van der Waals surface area contributed by atoms with Crippen molar-refractivity contribution in [3.8, 4) is 11.5 Å². The fourth-order valence-corrected chi connectivity index (χ4v) is 3.42. The molecular weight excluding hydrogens is 399 g/mol. The number of rotatable bonds is 8. The van der Waals surface area contributed by atoms with E-state index in [0.717, 1.165) is 12.8 Å². The molecular formula is C19H20Cl2F2NO3+. The lowest BCUT2D eigenvalue weighted by atomic mass is 10.0. The van der Waals surface area contributed by atoms with Crippen molar-refractivity contribution < 1.29 is 27.9 Å². The third kappa shape index (κ3) is 5.43. The Bertz CT molecular complexity index is 793. The lowest BCUT2D eigenvalue weighted by molar-refractivity contribution is -0.671. The van der Waals surface area contributed by atoms with E-state index in [1.54, 1.807) is 24.0 Å². The van der Waals surface area contributed by atoms with E-state index in [1.165, 1.54) is 18.2 Å². The summed E-state index contributed by atoms with van der Waals surface area (Å²) in [5, 5.41) is 11.5. The van der Waals surface area contributed by atoms with Crippen molar-refractivity contribution in [2.24, 2.45) is 13.0 Å². The summed E-state index contributed by atoms with van der Waals surface area (Å²) in [5.74, 6) is 0.584. The van der Waals surface area contributed by atoms with E-state index in [4.69, 9.17) is 27.9 Å². The van der Waals surface area contributed by atoms with Crippen molar-refractivity contribution in [2.75, 3.05) is 6.61 Å². The Balaban J connectivity index is 1.81. The molecule has 3 rings (SSSR count). The number of aliphatic hydroxyl groups is 1. The van der Waals surface area contributed by atoms with E-state index in [2.05, 4.69) is 4.74 Å². The minimum atomic E-state index is -2.95. The second-order valence-corrected chi connectivity index (χ2v) is 7.47. The molecule has 1 aliphatic rings. The Morgan fingerprint density at radius 3 is 2.44 bits per heavy atom. The Labute approximate surface area is 166 Å². The molecule has 1 saturated carbocycles. The van der Waals surface area contributed by atoms with Crippen LogP contribution in [0.1, 0.15) is 30.1 Å². The van der Waals surface area contributed by atoms with Crippen molar-refractivity contribution >= 4 is 23.2 Å². The second-order valence-electron chi connectivity index (χ2n) is 6.66. The molecule has 0 amide bonds. The molecule has 0 saturated heterocycles. The number of nitrogens with zero attached hydrogens (tertiary/aromatic N) is 1. The van der Waals surface area contributed by atoms with Crippen LogP contribution in [0.5, 0.6) is 11.5 Å². The van der Waals surface area contributed by atoms with Crippen molar-refractivity contribution in [3.63, 3.8) is 0 Å². The summed E-state index contributed by atoms with van der Waals surface area (Å²) in [6.07, 6.45) is 4.76. The Morgan fingerprint density at radius 2 is 1.85 bits per heavy atom. The maximum atomic E-state index is 12.6. The molecule has 0 spiro atoms. The van der Waals surface area contributed by atoms with Crippen LogP contribution in [0.4, 0.5) is 8.78 Å². The van der Waals surface area contributed by atoms with Crippen LogP contribution >= 0.6 is 23.2 Å². The molecule has 1 aliphatic carbocycles. The van der Waals surface area contributed by atoms with Gasteiger partial charge in [-0.25, -0.2) is 4.57 Å². The third-order valence-corrected chi connectivity index (χ3v) is 5.00. The summed E-state index contributed by atoms with van der Waals surface area (Å²) < 4.78 is 37.1. The van der Waals surface area contributed by atoms with Gasteiger partial charge in [-0.2, -0.15) is 8.78 Å². The number of hydrogen-bond donors (Lipinski definition) is 1. The largest absolute Gasteiger partial charge is 0.489 e. The van der Waals surface area contributed by atoms with Gasteiger partial charge in [0.2, 0.25) is 0 Å². The van der Waals surface area contributed by atoms with E-state index >= 15 is 0 Å². The van der Waals surface area contributed by atoms with E-state index in [9.17, 15) is 13.9 Å². The number of aromatic nitrogens is 1. The topological polar surface area (TPSA) is 42.6 Å². The van der Waals surface area contributed by atoms with Gasteiger partial charge in [0, 0.05) is 12.0 Å². The standard InChI is InChI=1S/C19H20Cl2F2NO3/c1-24-8-14(20)13(15(21)9-24)7-16(25)12-4-5-17(27-19(22)23)18(6-12)26-10-11-2-3-11/h4-6,8-9,11,16,19,25H,2-3,7,10H2,1H3/q+1/t16-/m1/s1. The van der Waals surface area contributed by atoms with Crippen LogP contribution in [0, 0.1) is 5.92 Å². The van der Waals surface area contributed by atoms with Crippen LogP contribution in [0.2, 0.25) is 10.0 Å². The zero-order chi connectivity index (χ0) is 19.6. The summed E-state index contributed by atoms with van der Waals surface area (Å²) in [6, 6.07) is 4.42. The fraction of sp³-hybridized carbons (Fsp3) is 0.421. The highest BCUT2D eigenvalue weighted by Crippen LogP contribution is 2.36. The van der Waals surface area contributed by atoms with E-state index in [1.807, 2.05) is 0 Å². The van der Waals surface area contributed by atoms with Crippen molar-refractivity contribution in [1.82, 2.24) is 0 Å². The Kier molecular flexibility index (Phi) is 6.40. The van der Waals surface area contributed by atoms with Gasteiger partial charge in [0.15, 0.2) is 23.9 Å². The van der Waals surface area contributed by atoms with E-state index in [-0.39, 0.29) is 17.9 Å². The van der Waals surface area contributed by atoms with Crippen LogP contribution < -0.4 is 14.0 Å². The molecule has 0 bridgehead atoms. The maximum Gasteiger partial charge on any atom is 0.387 e. The molecule has 8 heteroatoms. The van der Waals surface area contributed by atoms with E-state index in [0.29, 0.717) is 33.7 Å². The highest BCUT2D eigenvalue weighted by atomic mass is 35.5. The zero-order valence-corrected chi connectivity index (χ0v) is 16.2. The van der Waals surface area contributed by atoms with E-state index < -0.39 is 12.7 Å². The lowest BCUT2D eigenvalue weighted by Crippen LogP contribution is -2.27. The quantitative estimate of drug-likeness (QED) is 0.642. The van der Waals surface area contributed by atoms with Gasteiger partial charge in [0.1, 0.15) is 17.1 Å². The minimum absolute atomic E-state index is 0.0515. The summed E-state index contributed by atoms with van der Waals surface area (Å²) in [6.45, 7) is -2.52. The highest BCUT2D eigenvalue weighted by molar-refractivity contribution is 6.35. The molecule has 27 heavy (non-hydrogen) atoms. The number of ether oxygens (including phenoxy) is 2. The van der Waals surface area contributed by atoms with Gasteiger partial charge in [0.25, 0.3) is 0 Å². The first kappa shape index (κ1) is 20.1. The molecule has 0 unspecified atom stereocenters. The number of pyridine rings is 1. The number of alkyl halides is 2. The number of hydrogen-bond acceptors (Lipinski definition) is 3. The number of aliphatic hydroxyl groups excluding tert-OH is 1. The van der Waals surface area contributed by atoms with Crippen LogP contribution in [0.15, 0.2) is 30.6 Å². The van der Waals surface area contributed by atoms with Crippen molar-refractivity contribution in [3.05, 3.63) is 51.8 Å². The maximum absolute atomic E-state index is 12.6. The molecule has 1 aromatic carbocycles. The summed E-state index contributed by atoms with van der Waals surface area (Å²) in [7, 11) is 1.79. The fourth-order valence-electron chi connectivity index (χ4n) is 2.70. The number of benzene rings is 1. The van der Waals surface area contributed by atoms with Gasteiger partial charge in [-0.15, -0.1) is 0 Å². The molecule has 1 N–H and O–H groups in total. The molecule has 1 fully saturated rings. The molecule has 0 aliphatic heterocycles. The minimum Gasteiger partial charge on any atom is -0.489 e. The highest BCUT2D eigenvalue weighted by Gasteiger charge is 2.24. The third-order valence-electron chi connectivity index (χ3n) is 4.35. The normalized spacial score (nSPS) is 15.1. The van der Waals surface area contributed by atoms with Gasteiger partial charge in [0.05, 0.1) is 12.7 Å². The smallest absolute Gasteiger partial charge is 0.387 e. The summed E-state index contributed by atoms with van der Waals surface area (Å²) in [5.41, 5.74) is 1.11. The van der Waals surface area contributed by atoms with Gasteiger partial charge >= 0.3 is 6.61 Å². The van der Waals surface area contributed by atoms with Gasteiger partial charge < -0.3 is 14.6 Å². The molecule has 2 aromatic rings. The predicted octanol–water partition coefficient (Wildman–Crippen LogP) is 4.48. The van der Waals surface area contributed by atoms with Crippen LogP contribution in [-0.2, 0) is 13.5 Å². The van der Waals surface area contributed by atoms with Gasteiger partial charge in [-0.3, -0.25) is 0 Å². The van der Waals surface area contributed by atoms with Crippen LogP contribution in [-0.4, -0.2) is 18.3 Å². The van der Waals surface area contributed by atoms with Crippen molar-refractivity contribution in [1.29, 1.82) is 0 Å². The molecule has 0 radical (unpaired) electrons. The first-order chi connectivity index (χ1) is 12.8. The first-order valence-corrected chi connectivity index (χ1v) is 9.32. The van der Waals surface area contributed by atoms with Gasteiger partial charge in [-0.1, -0.05) is 29.3 Å². The summed E-state index contributed by atoms with van der Waals surface area (Å²) >= 11 is 12.5. The lowest BCUT2D eigenvalue weighted by Gasteiger charge is -2.17. The first-order valence-electron chi connectivity index (χ1n) is 8.56. The second kappa shape index (κ2) is 8.59. The Morgan fingerprint density at radius 1 is 1.19 bits per heavy atom. The Hall–Kier alpha value is -1.63.